The first kappa shape index (κ1) is 23.1. The summed E-state index contributed by atoms with van der Waals surface area (Å²) in [6.07, 6.45) is -0.0842. The molecule has 8 nitrogen and oxygen atoms in total. The van der Waals surface area contributed by atoms with Crippen LogP contribution in [0.5, 0.6) is 0 Å². The Balaban J connectivity index is 1.46. The largest absolute Gasteiger partial charge is 0.326 e. The zero-order chi connectivity index (χ0) is 24.5. The standard InChI is InChI=1S/C23H18F2N4O4S/c1-29-23(31)18-5-3-2-4-17(18)21(27-29)13-22(30)26-14-6-8-15(9-7-14)28-34(32,33)16-10-11-19(24)20(25)12-16/h2-12,28H,13H2,1H3,(H,26,30). The van der Waals surface area contributed by atoms with Crippen molar-refractivity contribution in [3.05, 3.63) is 94.4 Å². The number of carbonyl (C=O) groups excluding carboxylic acids is 1. The number of nitrogens with zero attached hydrogens (tertiary/aromatic N) is 2. The van der Waals surface area contributed by atoms with Crippen molar-refractivity contribution in [3.63, 3.8) is 0 Å². The average Bonchev–Trinajstić information content (AvgIpc) is 2.80. The molecule has 0 saturated carbocycles. The number of nitrogens with one attached hydrogen (secondary N) is 2. The Labute approximate surface area is 192 Å². The summed E-state index contributed by atoms with van der Waals surface area (Å²) in [4.78, 5) is 24.4. The molecule has 0 bridgehead atoms. The van der Waals surface area contributed by atoms with Crippen LogP contribution in [-0.4, -0.2) is 24.1 Å². The lowest BCUT2D eigenvalue weighted by molar-refractivity contribution is -0.115. The van der Waals surface area contributed by atoms with Gasteiger partial charge in [-0.05, 0) is 48.5 Å². The van der Waals surface area contributed by atoms with E-state index in [0.717, 1.165) is 12.1 Å². The maximum Gasteiger partial charge on any atom is 0.274 e. The molecule has 3 aromatic carbocycles. The van der Waals surface area contributed by atoms with Crippen molar-refractivity contribution in [3.8, 4) is 0 Å². The summed E-state index contributed by atoms with van der Waals surface area (Å²) in [5.41, 5.74) is 0.732. The number of hydrogen-bond donors (Lipinski definition) is 2. The van der Waals surface area contributed by atoms with Gasteiger partial charge in [0.15, 0.2) is 11.6 Å². The van der Waals surface area contributed by atoms with E-state index in [1.165, 1.54) is 36.0 Å². The zero-order valence-corrected chi connectivity index (χ0v) is 18.6. The topological polar surface area (TPSA) is 110 Å². The van der Waals surface area contributed by atoms with E-state index >= 15 is 0 Å². The number of rotatable bonds is 6. The highest BCUT2D eigenvalue weighted by Crippen LogP contribution is 2.20. The average molecular weight is 484 g/mol. The molecule has 11 heteroatoms. The summed E-state index contributed by atoms with van der Waals surface area (Å²) in [6, 6.07) is 14.9. The molecular weight excluding hydrogens is 466 g/mol. The molecule has 0 aliphatic heterocycles. The summed E-state index contributed by atoms with van der Waals surface area (Å²) in [5, 5.41) is 7.93. The summed E-state index contributed by atoms with van der Waals surface area (Å²) in [5.74, 6) is -2.81. The van der Waals surface area contributed by atoms with Crippen LogP contribution >= 0.6 is 0 Å². The quantitative estimate of drug-likeness (QED) is 0.437. The van der Waals surface area contributed by atoms with Crippen LogP contribution in [0.25, 0.3) is 10.8 Å². The lowest BCUT2D eigenvalue weighted by Crippen LogP contribution is -2.24. The van der Waals surface area contributed by atoms with Gasteiger partial charge in [-0.15, -0.1) is 0 Å². The number of amides is 1. The summed E-state index contributed by atoms with van der Waals surface area (Å²) in [7, 11) is -2.63. The number of carbonyl (C=O) groups is 1. The van der Waals surface area contributed by atoms with Gasteiger partial charge in [-0.2, -0.15) is 5.10 Å². The third kappa shape index (κ3) is 4.79. The van der Waals surface area contributed by atoms with Crippen LogP contribution in [0, 0.1) is 11.6 Å². The van der Waals surface area contributed by atoms with Crippen LogP contribution in [0.15, 0.2) is 76.4 Å². The van der Waals surface area contributed by atoms with Gasteiger partial charge in [0.2, 0.25) is 5.91 Å². The molecule has 0 aliphatic rings. The maximum atomic E-state index is 13.4. The monoisotopic (exact) mass is 484 g/mol. The number of aryl methyl sites for hydroxylation is 1. The Morgan fingerprint density at radius 1 is 0.941 bits per heavy atom. The molecule has 0 aliphatic carbocycles. The van der Waals surface area contributed by atoms with E-state index in [9.17, 15) is 26.8 Å². The molecule has 4 aromatic rings. The highest BCUT2D eigenvalue weighted by atomic mass is 32.2. The van der Waals surface area contributed by atoms with Gasteiger partial charge in [0.1, 0.15) is 0 Å². The van der Waals surface area contributed by atoms with Crippen LogP contribution < -0.4 is 15.6 Å². The van der Waals surface area contributed by atoms with Gasteiger partial charge < -0.3 is 5.32 Å². The molecule has 2 N–H and O–H groups in total. The summed E-state index contributed by atoms with van der Waals surface area (Å²) in [6.45, 7) is 0. The normalized spacial score (nSPS) is 11.4. The molecule has 0 saturated heterocycles. The molecule has 1 amide bonds. The highest BCUT2D eigenvalue weighted by molar-refractivity contribution is 7.92. The number of benzene rings is 3. The van der Waals surface area contributed by atoms with Crippen LogP contribution in [0.4, 0.5) is 20.2 Å². The molecule has 0 spiro atoms. The van der Waals surface area contributed by atoms with E-state index in [4.69, 9.17) is 0 Å². The van der Waals surface area contributed by atoms with Crippen molar-refractivity contribution in [2.24, 2.45) is 7.05 Å². The first-order valence-corrected chi connectivity index (χ1v) is 11.4. The third-order valence-electron chi connectivity index (χ3n) is 4.98. The summed E-state index contributed by atoms with van der Waals surface area (Å²) >= 11 is 0. The fraction of sp³-hybridized carbons (Fsp3) is 0.0870. The predicted molar refractivity (Wildman–Crippen MR) is 123 cm³/mol. The fourth-order valence-electron chi connectivity index (χ4n) is 3.34. The van der Waals surface area contributed by atoms with Crippen molar-refractivity contribution in [2.75, 3.05) is 10.0 Å². The van der Waals surface area contributed by atoms with Gasteiger partial charge in [-0.25, -0.2) is 21.9 Å². The lowest BCUT2D eigenvalue weighted by atomic mass is 10.1. The van der Waals surface area contributed by atoms with Gasteiger partial charge in [0.25, 0.3) is 15.6 Å². The molecule has 0 atom stereocenters. The Bertz CT molecular complexity index is 1570. The van der Waals surface area contributed by atoms with Gasteiger partial charge in [0, 0.05) is 23.8 Å². The highest BCUT2D eigenvalue weighted by Gasteiger charge is 2.17. The number of anilines is 2. The van der Waals surface area contributed by atoms with E-state index < -0.39 is 26.6 Å². The molecule has 4 rings (SSSR count). The molecule has 1 heterocycles. The first-order chi connectivity index (χ1) is 16.1. The smallest absolute Gasteiger partial charge is 0.274 e. The lowest BCUT2D eigenvalue weighted by Gasteiger charge is -2.11. The molecule has 0 radical (unpaired) electrons. The van der Waals surface area contributed by atoms with Crippen molar-refractivity contribution >= 4 is 38.1 Å². The van der Waals surface area contributed by atoms with E-state index in [-0.39, 0.29) is 23.6 Å². The SMILES string of the molecule is Cn1nc(CC(=O)Nc2ccc(NS(=O)(=O)c3ccc(F)c(F)c3)cc2)c2ccccc2c1=O. The number of hydrogen-bond acceptors (Lipinski definition) is 5. The third-order valence-corrected chi connectivity index (χ3v) is 6.36. The minimum absolute atomic E-state index is 0.0842. The second kappa shape index (κ2) is 9.02. The van der Waals surface area contributed by atoms with Crippen LogP contribution in [0.1, 0.15) is 5.69 Å². The van der Waals surface area contributed by atoms with Gasteiger partial charge in [-0.3, -0.25) is 14.3 Å². The van der Waals surface area contributed by atoms with Crippen molar-refractivity contribution < 1.29 is 22.0 Å². The van der Waals surface area contributed by atoms with E-state index in [1.54, 1.807) is 24.3 Å². The molecule has 1 aromatic heterocycles. The van der Waals surface area contributed by atoms with Gasteiger partial charge in [-0.1, -0.05) is 18.2 Å². The number of fused-ring (bicyclic) bond motifs is 1. The second-order valence-corrected chi connectivity index (χ2v) is 9.09. The Morgan fingerprint density at radius 3 is 2.26 bits per heavy atom. The van der Waals surface area contributed by atoms with Crippen LogP contribution in [-0.2, 0) is 28.3 Å². The second-order valence-electron chi connectivity index (χ2n) is 7.40. The Hall–Kier alpha value is -4.12. The first-order valence-electron chi connectivity index (χ1n) is 9.97. The fourth-order valence-corrected chi connectivity index (χ4v) is 4.41. The molecule has 0 unspecified atom stereocenters. The van der Waals surface area contributed by atoms with Crippen molar-refractivity contribution in [1.29, 1.82) is 0 Å². The van der Waals surface area contributed by atoms with Crippen LogP contribution in [0.3, 0.4) is 0 Å². The number of aromatic nitrogens is 2. The predicted octanol–water partition coefficient (Wildman–Crippen LogP) is 3.19. The number of halogens is 2. The van der Waals surface area contributed by atoms with Crippen molar-refractivity contribution in [1.82, 2.24) is 9.78 Å². The Kier molecular flexibility index (Phi) is 6.12. The minimum Gasteiger partial charge on any atom is -0.326 e. The van der Waals surface area contributed by atoms with E-state index in [0.29, 0.717) is 28.2 Å². The molecule has 174 valence electrons. The molecule has 34 heavy (non-hydrogen) atoms. The minimum atomic E-state index is -4.14. The maximum absolute atomic E-state index is 13.4. The van der Waals surface area contributed by atoms with Gasteiger partial charge >= 0.3 is 0 Å². The van der Waals surface area contributed by atoms with Crippen molar-refractivity contribution in [2.45, 2.75) is 11.3 Å². The zero-order valence-electron chi connectivity index (χ0n) is 17.7. The molecule has 0 fully saturated rings. The summed E-state index contributed by atoms with van der Waals surface area (Å²) < 4.78 is 54.7. The van der Waals surface area contributed by atoms with E-state index in [1.807, 2.05) is 0 Å². The Morgan fingerprint density at radius 2 is 1.59 bits per heavy atom. The number of sulfonamides is 1. The van der Waals surface area contributed by atoms with E-state index in [2.05, 4.69) is 15.1 Å². The van der Waals surface area contributed by atoms with Gasteiger partial charge in [0.05, 0.1) is 22.4 Å². The van der Waals surface area contributed by atoms with Crippen LogP contribution in [0.2, 0.25) is 0 Å². The molecular formula is C23H18F2N4O4S.